The molecule has 1 aromatic carbocycles. The number of hydrogen-bond donors (Lipinski definition) is 2. The van der Waals surface area contributed by atoms with E-state index in [0.29, 0.717) is 26.0 Å². The van der Waals surface area contributed by atoms with Gasteiger partial charge in [-0.25, -0.2) is 0 Å². The Morgan fingerprint density at radius 3 is 2.62 bits per heavy atom. The molecule has 114 valence electrons. The second-order valence-corrected chi connectivity index (χ2v) is 7.41. The number of carbonyl (C=O) groups is 1. The molecule has 0 aliphatic heterocycles. The molecule has 0 atom stereocenters. The molecule has 1 saturated carbocycles. The zero-order chi connectivity index (χ0) is 15.6. The molecule has 0 heterocycles. The third-order valence-corrected chi connectivity index (χ3v) is 5.74. The first-order chi connectivity index (χ1) is 9.84. The van der Waals surface area contributed by atoms with Crippen LogP contribution in [0.2, 0.25) is 5.02 Å². The number of nitrogens with two attached hydrogens (primary N) is 1. The molecular formula is C15H18BrClN2OS. The van der Waals surface area contributed by atoms with Gasteiger partial charge in [-0.3, -0.25) is 4.79 Å². The summed E-state index contributed by atoms with van der Waals surface area (Å²) < 4.78 is 0.693. The van der Waals surface area contributed by atoms with E-state index in [1.807, 2.05) is 0 Å². The predicted octanol–water partition coefficient (Wildman–Crippen LogP) is 4.07. The van der Waals surface area contributed by atoms with Crippen LogP contribution in [0.5, 0.6) is 0 Å². The van der Waals surface area contributed by atoms with E-state index in [-0.39, 0.29) is 5.91 Å². The van der Waals surface area contributed by atoms with Gasteiger partial charge in [0.05, 0.1) is 15.6 Å². The average molecular weight is 390 g/mol. The van der Waals surface area contributed by atoms with Crippen LogP contribution >= 0.6 is 39.7 Å². The van der Waals surface area contributed by atoms with Gasteiger partial charge in [-0.15, -0.1) is 0 Å². The van der Waals surface area contributed by atoms with Crippen molar-refractivity contribution in [2.75, 3.05) is 0 Å². The van der Waals surface area contributed by atoms with Crippen molar-refractivity contribution in [1.82, 2.24) is 5.32 Å². The highest BCUT2D eigenvalue weighted by atomic mass is 79.9. The Kier molecular flexibility index (Phi) is 5.28. The fourth-order valence-electron chi connectivity index (χ4n) is 2.61. The molecule has 3 nitrogen and oxygen atoms in total. The van der Waals surface area contributed by atoms with E-state index in [4.69, 9.17) is 29.6 Å². The van der Waals surface area contributed by atoms with E-state index in [9.17, 15) is 4.79 Å². The van der Waals surface area contributed by atoms with Gasteiger partial charge < -0.3 is 11.1 Å². The van der Waals surface area contributed by atoms with Crippen molar-refractivity contribution in [1.29, 1.82) is 0 Å². The van der Waals surface area contributed by atoms with Crippen LogP contribution in [-0.4, -0.2) is 16.4 Å². The average Bonchev–Trinajstić information content (AvgIpc) is 2.44. The first-order valence-electron chi connectivity index (χ1n) is 6.91. The number of carbonyl (C=O) groups excluding carboxylic acids is 1. The lowest BCUT2D eigenvalue weighted by atomic mass is 9.77. The molecule has 2 rings (SSSR count). The normalized spacial score (nSPS) is 25.4. The number of amides is 1. The van der Waals surface area contributed by atoms with Crippen molar-refractivity contribution in [2.24, 2.45) is 11.7 Å². The van der Waals surface area contributed by atoms with Gasteiger partial charge in [0.2, 0.25) is 0 Å². The summed E-state index contributed by atoms with van der Waals surface area (Å²) in [6, 6.07) is 5.09. The van der Waals surface area contributed by atoms with Gasteiger partial charge in [-0.2, -0.15) is 0 Å². The second-order valence-electron chi connectivity index (χ2n) is 5.71. The van der Waals surface area contributed by atoms with Crippen molar-refractivity contribution in [3.8, 4) is 0 Å². The van der Waals surface area contributed by atoms with Crippen LogP contribution in [0.3, 0.4) is 0 Å². The molecule has 1 amide bonds. The molecule has 1 fully saturated rings. The van der Waals surface area contributed by atoms with E-state index >= 15 is 0 Å². The van der Waals surface area contributed by atoms with Gasteiger partial charge >= 0.3 is 0 Å². The Hall–Kier alpha value is -0.650. The van der Waals surface area contributed by atoms with E-state index in [1.165, 1.54) is 0 Å². The minimum atomic E-state index is -0.564. The fourth-order valence-corrected chi connectivity index (χ4v) is 3.37. The summed E-state index contributed by atoms with van der Waals surface area (Å²) >= 11 is 14.5. The van der Waals surface area contributed by atoms with Crippen molar-refractivity contribution in [2.45, 2.75) is 38.1 Å². The zero-order valence-corrected chi connectivity index (χ0v) is 14.9. The van der Waals surface area contributed by atoms with Gasteiger partial charge in [0.1, 0.15) is 0 Å². The maximum Gasteiger partial charge on any atom is 0.252 e. The largest absolute Gasteiger partial charge is 0.391 e. The van der Waals surface area contributed by atoms with Gasteiger partial charge in [0.25, 0.3) is 5.91 Å². The summed E-state index contributed by atoms with van der Waals surface area (Å²) in [5, 5.41) is 3.62. The van der Waals surface area contributed by atoms with Crippen molar-refractivity contribution in [3.63, 3.8) is 0 Å². The number of benzene rings is 1. The summed E-state index contributed by atoms with van der Waals surface area (Å²) in [6.45, 7) is 2.21. The summed E-state index contributed by atoms with van der Waals surface area (Å²) in [4.78, 5) is 12.8. The summed E-state index contributed by atoms with van der Waals surface area (Å²) in [7, 11) is 0. The maximum absolute atomic E-state index is 12.5. The molecule has 21 heavy (non-hydrogen) atoms. The first kappa shape index (κ1) is 16.7. The fraction of sp³-hybridized carbons (Fsp3) is 0.467. The number of nitrogens with one attached hydrogen (secondary N) is 1. The van der Waals surface area contributed by atoms with E-state index < -0.39 is 5.54 Å². The minimum Gasteiger partial charge on any atom is -0.391 e. The SMILES string of the molecule is CC1CCC(NC(=O)c2ccc(Cl)c(Br)c2)(C(N)=S)CC1. The van der Waals surface area contributed by atoms with E-state index in [1.54, 1.807) is 18.2 Å². The van der Waals surface area contributed by atoms with Crippen LogP contribution in [-0.2, 0) is 0 Å². The third-order valence-electron chi connectivity index (χ3n) is 4.13. The highest BCUT2D eigenvalue weighted by Gasteiger charge is 2.38. The minimum absolute atomic E-state index is 0.172. The lowest BCUT2D eigenvalue weighted by Gasteiger charge is -2.39. The molecule has 1 aliphatic rings. The molecule has 3 N–H and O–H groups in total. The van der Waals surface area contributed by atoms with Gasteiger partial charge in [0.15, 0.2) is 0 Å². The molecule has 0 unspecified atom stereocenters. The molecule has 0 bridgehead atoms. The molecule has 0 saturated heterocycles. The first-order valence-corrected chi connectivity index (χ1v) is 8.49. The molecule has 0 aromatic heterocycles. The maximum atomic E-state index is 12.5. The van der Waals surface area contributed by atoms with E-state index in [0.717, 1.165) is 25.7 Å². The topological polar surface area (TPSA) is 55.1 Å². The third kappa shape index (κ3) is 3.76. The summed E-state index contributed by atoms with van der Waals surface area (Å²) in [5.41, 5.74) is 5.89. The Balaban J connectivity index is 2.19. The van der Waals surface area contributed by atoms with E-state index in [2.05, 4.69) is 28.2 Å². The van der Waals surface area contributed by atoms with Gasteiger partial charge in [-0.05, 0) is 65.7 Å². The van der Waals surface area contributed by atoms with Crippen molar-refractivity contribution < 1.29 is 4.79 Å². The molecule has 0 spiro atoms. The molecule has 0 radical (unpaired) electrons. The molecular weight excluding hydrogens is 372 g/mol. The molecule has 1 aliphatic carbocycles. The quantitative estimate of drug-likeness (QED) is 0.766. The van der Waals surface area contributed by atoms with Crippen molar-refractivity contribution >= 4 is 50.6 Å². The highest BCUT2D eigenvalue weighted by molar-refractivity contribution is 9.10. The van der Waals surface area contributed by atoms with Crippen LogP contribution in [0, 0.1) is 5.92 Å². The predicted molar refractivity (Wildman–Crippen MR) is 93.8 cm³/mol. The Labute approximate surface area is 143 Å². The van der Waals surface area contributed by atoms with Crippen LogP contribution in [0.4, 0.5) is 0 Å². The molecule has 1 aromatic rings. The van der Waals surface area contributed by atoms with Crippen LogP contribution in [0.15, 0.2) is 22.7 Å². The van der Waals surface area contributed by atoms with Gasteiger partial charge in [-0.1, -0.05) is 30.7 Å². The number of halogens is 2. The van der Waals surface area contributed by atoms with Crippen LogP contribution in [0.1, 0.15) is 43.0 Å². The Morgan fingerprint density at radius 1 is 1.48 bits per heavy atom. The second kappa shape index (κ2) is 6.63. The number of hydrogen-bond acceptors (Lipinski definition) is 2. The standard InChI is InChI=1S/C15H18BrClN2OS/c1-9-4-6-15(7-5-9,14(18)21)19-13(20)10-2-3-12(17)11(16)8-10/h2-3,8-9H,4-7H2,1H3,(H2,18,21)(H,19,20). The zero-order valence-electron chi connectivity index (χ0n) is 11.8. The van der Waals surface area contributed by atoms with Crippen molar-refractivity contribution in [3.05, 3.63) is 33.3 Å². The number of rotatable bonds is 3. The number of thiocarbonyl (C=S) groups is 1. The monoisotopic (exact) mass is 388 g/mol. The Bertz CT molecular complexity index is 571. The van der Waals surface area contributed by atoms with Gasteiger partial charge in [0, 0.05) is 10.0 Å². The molecule has 6 heteroatoms. The lowest BCUT2D eigenvalue weighted by molar-refractivity contribution is 0.0900. The smallest absolute Gasteiger partial charge is 0.252 e. The Morgan fingerprint density at radius 2 is 2.10 bits per heavy atom. The lowest BCUT2D eigenvalue weighted by Crippen LogP contribution is -2.58. The summed E-state index contributed by atoms with van der Waals surface area (Å²) in [5.74, 6) is 0.476. The highest BCUT2D eigenvalue weighted by Crippen LogP contribution is 2.33. The van der Waals surface area contributed by atoms with Crippen LogP contribution in [0.25, 0.3) is 0 Å². The van der Waals surface area contributed by atoms with Crippen LogP contribution < -0.4 is 11.1 Å². The summed E-state index contributed by atoms with van der Waals surface area (Å²) in [6.07, 6.45) is 3.62.